The highest BCUT2D eigenvalue weighted by molar-refractivity contribution is 7.98. The van der Waals surface area contributed by atoms with E-state index in [1.165, 1.54) is 24.8 Å². The molecule has 9 nitrogen and oxygen atoms in total. The monoisotopic (exact) mass is 609 g/mol. The molecule has 0 bridgehead atoms. The van der Waals surface area contributed by atoms with Gasteiger partial charge in [0.1, 0.15) is 11.8 Å². The number of benzene rings is 2. The molecule has 234 valence electrons. The maximum absolute atomic E-state index is 13.8. The van der Waals surface area contributed by atoms with E-state index in [9.17, 15) is 14.4 Å². The summed E-state index contributed by atoms with van der Waals surface area (Å²) in [5.74, 6) is 0.805. The summed E-state index contributed by atoms with van der Waals surface area (Å²) >= 11 is 1.63. The average molecular weight is 610 g/mol. The smallest absolute Gasteiger partial charge is 0.319 e. The fraction of sp³-hybridized carbons (Fsp3) is 0.545. The maximum Gasteiger partial charge on any atom is 0.319 e. The maximum atomic E-state index is 13.8. The Kier molecular flexibility index (Phi) is 12.4. The van der Waals surface area contributed by atoms with Crippen molar-refractivity contribution in [2.75, 3.05) is 31.8 Å². The Hall–Kier alpha value is -3.40. The van der Waals surface area contributed by atoms with Crippen molar-refractivity contribution >= 4 is 35.4 Å². The van der Waals surface area contributed by atoms with Crippen LogP contribution < -0.4 is 26.0 Å². The molecule has 2 aromatic rings. The number of hydrogen-bond acceptors (Lipinski definition) is 5. The van der Waals surface area contributed by atoms with Gasteiger partial charge in [-0.25, -0.2) is 9.59 Å². The predicted molar refractivity (Wildman–Crippen MR) is 173 cm³/mol. The Bertz CT molecular complexity index is 1230. The van der Waals surface area contributed by atoms with Crippen LogP contribution in [0, 0.1) is 0 Å². The van der Waals surface area contributed by atoms with Crippen molar-refractivity contribution in [3.05, 3.63) is 53.1 Å². The van der Waals surface area contributed by atoms with Gasteiger partial charge < -0.3 is 30.9 Å². The number of nitrogens with zero attached hydrogens (tertiary/aromatic N) is 1. The quantitative estimate of drug-likeness (QED) is 0.178. The molecule has 0 saturated heterocycles. The Morgan fingerprint density at radius 3 is 2.49 bits per heavy atom. The molecule has 1 heterocycles. The summed E-state index contributed by atoms with van der Waals surface area (Å²) in [6.07, 6.45) is 11.1. The fourth-order valence-corrected chi connectivity index (χ4v) is 6.34. The molecule has 1 saturated carbocycles. The van der Waals surface area contributed by atoms with E-state index in [1.54, 1.807) is 18.9 Å². The van der Waals surface area contributed by atoms with Crippen molar-refractivity contribution in [2.45, 2.75) is 94.7 Å². The minimum atomic E-state index is -0.674. The zero-order valence-electron chi connectivity index (χ0n) is 25.8. The minimum absolute atomic E-state index is 0.0876. The standard InChI is InChI=1S/C33H47N5O4S/c1-4-23-20-25-22-38(19-17-24(25)21-30(23)42-2)31(39)29(37-33(41)36-27-13-15-28(43-3)16-14-27)12-8-9-18-34-32(40)35-26-10-6-5-7-11-26/h13-16,20-21,26,29H,4-12,17-19,22H2,1-3H3,(H2,34,35,40)(H2,36,37,41). The van der Waals surface area contributed by atoms with Crippen LogP contribution in [0.4, 0.5) is 15.3 Å². The van der Waals surface area contributed by atoms with Crippen LogP contribution in [0.3, 0.4) is 0 Å². The van der Waals surface area contributed by atoms with Gasteiger partial charge >= 0.3 is 12.1 Å². The zero-order valence-corrected chi connectivity index (χ0v) is 26.6. The highest BCUT2D eigenvalue weighted by Crippen LogP contribution is 2.29. The summed E-state index contributed by atoms with van der Waals surface area (Å²) in [5.41, 5.74) is 4.12. The molecule has 2 aromatic carbocycles. The molecule has 1 unspecified atom stereocenters. The fourth-order valence-electron chi connectivity index (χ4n) is 5.93. The van der Waals surface area contributed by atoms with Gasteiger partial charge in [-0.3, -0.25) is 4.79 Å². The van der Waals surface area contributed by atoms with E-state index in [4.69, 9.17) is 4.74 Å². The first-order valence-corrected chi connectivity index (χ1v) is 16.9. The second-order valence-corrected chi connectivity index (χ2v) is 12.3. The first kappa shape index (κ1) is 32.5. The SMILES string of the molecule is CCc1cc2c(cc1OC)CCN(C(=O)C(CCCCNC(=O)NC1CCCCC1)NC(=O)Nc1ccc(SC)cc1)C2. The minimum Gasteiger partial charge on any atom is -0.496 e. The molecule has 43 heavy (non-hydrogen) atoms. The highest BCUT2D eigenvalue weighted by Gasteiger charge is 2.29. The molecule has 4 N–H and O–H groups in total. The Labute approximate surface area is 260 Å². The van der Waals surface area contributed by atoms with Crippen molar-refractivity contribution in [2.24, 2.45) is 0 Å². The van der Waals surface area contributed by atoms with E-state index in [1.807, 2.05) is 35.4 Å². The Morgan fingerprint density at radius 2 is 1.79 bits per heavy atom. The van der Waals surface area contributed by atoms with E-state index in [0.717, 1.165) is 47.5 Å². The van der Waals surface area contributed by atoms with E-state index < -0.39 is 12.1 Å². The zero-order chi connectivity index (χ0) is 30.6. The number of carbonyl (C=O) groups is 3. The second kappa shape index (κ2) is 16.4. The van der Waals surface area contributed by atoms with Gasteiger partial charge in [-0.15, -0.1) is 11.8 Å². The average Bonchev–Trinajstić information content (AvgIpc) is 3.03. The summed E-state index contributed by atoms with van der Waals surface area (Å²) in [6.45, 7) is 3.70. The number of nitrogens with one attached hydrogen (secondary N) is 4. The van der Waals surface area contributed by atoms with Crippen LogP contribution in [0.2, 0.25) is 0 Å². The molecule has 5 amide bonds. The lowest BCUT2D eigenvalue weighted by Crippen LogP contribution is -2.50. The molecule has 0 radical (unpaired) electrons. The van der Waals surface area contributed by atoms with Crippen LogP contribution in [0.1, 0.15) is 75.0 Å². The van der Waals surface area contributed by atoms with Crippen molar-refractivity contribution in [1.82, 2.24) is 20.9 Å². The summed E-state index contributed by atoms with van der Waals surface area (Å²) < 4.78 is 5.57. The normalized spacial score (nSPS) is 15.7. The number of unbranched alkanes of at least 4 members (excludes halogenated alkanes) is 1. The van der Waals surface area contributed by atoms with Gasteiger partial charge in [0.25, 0.3) is 0 Å². The number of thioether (sulfide) groups is 1. The van der Waals surface area contributed by atoms with Crippen LogP contribution in [0.25, 0.3) is 0 Å². The van der Waals surface area contributed by atoms with Crippen molar-refractivity contribution in [3.8, 4) is 5.75 Å². The van der Waals surface area contributed by atoms with Gasteiger partial charge in [0.05, 0.1) is 7.11 Å². The topological polar surface area (TPSA) is 112 Å². The van der Waals surface area contributed by atoms with Crippen molar-refractivity contribution < 1.29 is 19.1 Å². The predicted octanol–water partition coefficient (Wildman–Crippen LogP) is 5.86. The summed E-state index contributed by atoms with van der Waals surface area (Å²) in [7, 11) is 1.69. The molecule has 1 fully saturated rings. The number of fused-ring (bicyclic) bond motifs is 1. The lowest BCUT2D eigenvalue weighted by molar-refractivity contribution is -0.134. The number of carbonyl (C=O) groups excluding carboxylic acids is 3. The first-order chi connectivity index (χ1) is 20.9. The van der Waals surface area contributed by atoms with E-state index >= 15 is 0 Å². The molecular weight excluding hydrogens is 562 g/mol. The summed E-state index contributed by atoms with van der Waals surface area (Å²) in [5, 5.41) is 11.8. The first-order valence-electron chi connectivity index (χ1n) is 15.6. The molecule has 1 aliphatic heterocycles. The molecule has 1 atom stereocenters. The summed E-state index contributed by atoms with van der Waals surface area (Å²) in [4.78, 5) is 42.1. The third-order valence-corrected chi connectivity index (χ3v) is 9.15. The molecule has 0 aromatic heterocycles. The van der Waals surface area contributed by atoms with Gasteiger partial charge in [0.15, 0.2) is 0 Å². The highest BCUT2D eigenvalue weighted by atomic mass is 32.2. The van der Waals surface area contributed by atoms with Crippen LogP contribution in [0.5, 0.6) is 5.75 Å². The molecule has 2 aliphatic rings. The lowest BCUT2D eigenvalue weighted by atomic mass is 9.95. The number of methoxy groups -OCH3 is 1. The Balaban J connectivity index is 1.35. The van der Waals surface area contributed by atoms with E-state index in [0.29, 0.717) is 44.6 Å². The van der Waals surface area contributed by atoms with Crippen LogP contribution in [-0.2, 0) is 24.2 Å². The van der Waals surface area contributed by atoms with Gasteiger partial charge in [-0.05, 0) is 98.2 Å². The number of urea groups is 2. The molecule has 4 rings (SSSR count). The Morgan fingerprint density at radius 1 is 1.02 bits per heavy atom. The lowest BCUT2D eigenvalue weighted by Gasteiger charge is -2.33. The third kappa shape index (κ3) is 9.55. The van der Waals surface area contributed by atoms with Gasteiger partial charge in [-0.2, -0.15) is 0 Å². The van der Waals surface area contributed by atoms with Gasteiger partial charge in [-0.1, -0.05) is 32.3 Å². The van der Waals surface area contributed by atoms with Gasteiger partial charge in [0.2, 0.25) is 5.91 Å². The number of rotatable bonds is 12. The third-order valence-electron chi connectivity index (χ3n) is 8.40. The number of amides is 5. The van der Waals surface area contributed by atoms with Crippen LogP contribution in [-0.4, -0.2) is 61.4 Å². The molecule has 1 aliphatic carbocycles. The van der Waals surface area contributed by atoms with E-state index in [2.05, 4.69) is 40.3 Å². The largest absolute Gasteiger partial charge is 0.496 e. The van der Waals surface area contributed by atoms with Crippen LogP contribution in [0.15, 0.2) is 41.3 Å². The van der Waals surface area contributed by atoms with Crippen molar-refractivity contribution in [3.63, 3.8) is 0 Å². The number of anilines is 1. The molecule has 0 spiro atoms. The van der Waals surface area contributed by atoms with E-state index in [-0.39, 0.29) is 18.0 Å². The molecule has 10 heteroatoms. The summed E-state index contributed by atoms with van der Waals surface area (Å²) in [6, 6.07) is 10.9. The van der Waals surface area contributed by atoms with Crippen LogP contribution >= 0.6 is 11.8 Å². The number of ether oxygens (including phenoxy) is 1. The number of hydrogen-bond donors (Lipinski definition) is 4. The van der Waals surface area contributed by atoms with Gasteiger partial charge in [0, 0.05) is 36.3 Å². The number of aryl methyl sites for hydroxylation is 1. The molecular formula is C33H47N5O4S. The van der Waals surface area contributed by atoms with Crippen molar-refractivity contribution in [1.29, 1.82) is 0 Å². The second-order valence-electron chi connectivity index (χ2n) is 11.4.